The lowest BCUT2D eigenvalue weighted by molar-refractivity contribution is -0.114. The van der Waals surface area contributed by atoms with Crippen LogP contribution >= 0.6 is 0 Å². The van der Waals surface area contributed by atoms with Crippen LogP contribution in [0.3, 0.4) is 0 Å². The Morgan fingerprint density at radius 1 is 1.62 bits per heavy atom. The number of aliphatic imine (C=N–C) groups is 1. The van der Waals surface area contributed by atoms with Crippen LogP contribution in [0.5, 0.6) is 0 Å². The molecule has 0 heterocycles. The minimum Gasteiger partial charge on any atom is -0.515 e. The average Bonchev–Trinajstić information content (AvgIpc) is 2.05. The fourth-order valence-corrected chi connectivity index (χ4v) is 0.486. The highest BCUT2D eigenvalue weighted by Gasteiger charge is 2.01. The Kier molecular flexibility index (Phi) is 4.94. The number of hydrogen-bond donors (Lipinski definition) is 3. The summed E-state index contributed by atoms with van der Waals surface area (Å²) in [7, 11) is 0. The highest BCUT2D eigenvalue weighted by molar-refractivity contribution is 6.12. The van der Waals surface area contributed by atoms with E-state index in [1.165, 1.54) is 0 Å². The van der Waals surface area contributed by atoms with Crippen molar-refractivity contribution in [1.82, 2.24) is 5.32 Å². The number of nitrogens with two attached hydrogens (primary N) is 1. The molecule has 6 heteroatoms. The topological polar surface area (TPSA) is 105 Å². The molecule has 0 aromatic carbocycles. The van der Waals surface area contributed by atoms with Crippen molar-refractivity contribution in [3.63, 3.8) is 0 Å². The number of aliphatic hydroxyl groups is 1. The Bertz CT molecular complexity index is 258. The molecule has 0 radical (unpaired) electrons. The Balaban J connectivity index is 4.25. The van der Waals surface area contributed by atoms with E-state index in [4.69, 9.17) is 10.8 Å². The predicted molar refractivity (Wildman–Crippen MR) is 47.5 cm³/mol. The zero-order valence-electron chi connectivity index (χ0n) is 7.15. The summed E-state index contributed by atoms with van der Waals surface area (Å²) in [4.78, 5) is 24.5. The van der Waals surface area contributed by atoms with Gasteiger partial charge in [-0.05, 0) is 6.92 Å². The van der Waals surface area contributed by atoms with Crippen LogP contribution in [0.1, 0.15) is 6.92 Å². The van der Waals surface area contributed by atoms with Gasteiger partial charge in [0.2, 0.25) is 0 Å². The molecule has 0 aliphatic heterocycles. The normalized spacial score (nSPS) is 11.6. The molecule has 4 N–H and O–H groups in total. The Hall–Kier alpha value is -1.85. The molecule has 0 bridgehead atoms. The van der Waals surface area contributed by atoms with E-state index in [2.05, 4.69) is 10.3 Å². The highest BCUT2D eigenvalue weighted by Crippen LogP contribution is 1.86. The zero-order valence-corrected chi connectivity index (χ0v) is 7.15. The first-order valence-electron chi connectivity index (χ1n) is 3.57. The molecule has 0 atom stereocenters. The summed E-state index contributed by atoms with van der Waals surface area (Å²) in [5.74, 6) is -0.851. The van der Waals surface area contributed by atoms with Crippen molar-refractivity contribution in [2.75, 3.05) is 6.54 Å². The largest absolute Gasteiger partial charge is 0.515 e. The SMILES string of the molecule is CCNC(=O)/N=C\C(=C\O)C(N)=O. The lowest BCUT2D eigenvalue weighted by Gasteiger charge is -1.94. The van der Waals surface area contributed by atoms with Crippen LogP contribution in [0.25, 0.3) is 0 Å². The third-order valence-electron chi connectivity index (χ3n) is 1.07. The van der Waals surface area contributed by atoms with Gasteiger partial charge in [0.25, 0.3) is 5.91 Å². The van der Waals surface area contributed by atoms with Crippen molar-refractivity contribution in [1.29, 1.82) is 0 Å². The minimum atomic E-state index is -0.851. The number of carbonyl (C=O) groups is 2. The Morgan fingerprint density at radius 2 is 2.23 bits per heavy atom. The van der Waals surface area contributed by atoms with Crippen LogP contribution in [0.15, 0.2) is 16.8 Å². The smallest absolute Gasteiger partial charge is 0.340 e. The first kappa shape index (κ1) is 11.2. The van der Waals surface area contributed by atoms with Crippen molar-refractivity contribution >= 4 is 18.2 Å². The second-order valence-corrected chi connectivity index (χ2v) is 2.04. The fraction of sp³-hybridized carbons (Fsp3) is 0.286. The van der Waals surface area contributed by atoms with Crippen molar-refractivity contribution in [3.8, 4) is 0 Å². The number of amides is 3. The third-order valence-corrected chi connectivity index (χ3v) is 1.07. The second-order valence-electron chi connectivity index (χ2n) is 2.04. The van der Waals surface area contributed by atoms with E-state index in [1.54, 1.807) is 6.92 Å². The molecule has 0 fully saturated rings. The summed E-state index contributed by atoms with van der Waals surface area (Å²) in [6.45, 7) is 2.16. The molecule has 6 nitrogen and oxygen atoms in total. The van der Waals surface area contributed by atoms with Crippen LogP contribution < -0.4 is 11.1 Å². The molecule has 13 heavy (non-hydrogen) atoms. The molecule has 0 saturated heterocycles. The summed E-state index contributed by atoms with van der Waals surface area (Å²) in [5.41, 5.74) is 4.59. The van der Waals surface area contributed by atoms with Crippen LogP contribution in [0.2, 0.25) is 0 Å². The number of nitrogens with zero attached hydrogens (tertiary/aromatic N) is 1. The second kappa shape index (κ2) is 5.76. The number of nitrogens with one attached hydrogen (secondary N) is 1. The van der Waals surface area contributed by atoms with Gasteiger partial charge >= 0.3 is 6.03 Å². The number of hydrogen-bond acceptors (Lipinski definition) is 3. The lowest BCUT2D eigenvalue weighted by atomic mass is 10.3. The first-order valence-corrected chi connectivity index (χ1v) is 3.57. The summed E-state index contributed by atoms with van der Waals surface area (Å²) in [5, 5.41) is 10.8. The van der Waals surface area contributed by atoms with E-state index in [1.807, 2.05) is 0 Å². The van der Waals surface area contributed by atoms with E-state index in [0.717, 1.165) is 6.21 Å². The molecule has 0 aromatic heterocycles. The molecule has 0 aromatic rings. The van der Waals surface area contributed by atoms with Crippen LogP contribution in [-0.4, -0.2) is 29.8 Å². The molecule has 0 aliphatic carbocycles. The molecule has 3 amide bonds. The van der Waals surface area contributed by atoms with Gasteiger partial charge in [-0.3, -0.25) is 4.79 Å². The highest BCUT2D eigenvalue weighted by atomic mass is 16.2. The minimum absolute atomic E-state index is 0.230. The van der Waals surface area contributed by atoms with Gasteiger partial charge in [0.15, 0.2) is 0 Å². The van der Waals surface area contributed by atoms with E-state index in [-0.39, 0.29) is 5.57 Å². The molecule has 0 rings (SSSR count). The molecule has 0 aliphatic rings. The van der Waals surface area contributed by atoms with Crippen molar-refractivity contribution < 1.29 is 14.7 Å². The molecule has 0 saturated carbocycles. The number of carbonyl (C=O) groups excluding carboxylic acids is 2. The van der Waals surface area contributed by atoms with Crippen molar-refractivity contribution in [2.24, 2.45) is 10.7 Å². The quantitative estimate of drug-likeness (QED) is 0.319. The Labute approximate surface area is 75.1 Å². The monoisotopic (exact) mass is 185 g/mol. The number of primary amides is 1. The molecular formula is C7H11N3O3. The van der Waals surface area contributed by atoms with Gasteiger partial charge in [-0.15, -0.1) is 0 Å². The predicted octanol–water partition coefficient (Wildman–Crippen LogP) is -0.286. The van der Waals surface area contributed by atoms with E-state index < -0.39 is 11.9 Å². The number of urea groups is 1. The number of aliphatic hydroxyl groups excluding tert-OH is 1. The van der Waals surface area contributed by atoms with E-state index in [0.29, 0.717) is 12.8 Å². The van der Waals surface area contributed by atoms with Crippen LogP contribution in [0, 0.1) is 0 Å². The first-order chi connectivity index (χ1) is 6.11. The maximum absolute atomic E-state index is 10.7. The maximum atomic E-state index is 10.7. The van der Waals surface area contributed by atoms with Gasteiger partial charge in [0.1, 0.15) is 0 Å². The van der Waals surface area contributed by atoms with Gasteiger partial charge in [0, 0.05) is 12.8 Å². The summed E-state index contributed by atoms with van der Waals surface area (Å²) >= 11 is 0. The van der Waals surface area contributed by atoms with E-state index in [9.17, 15) is 9.59 Å². The van der Waals surface area contributed by atoms with Crippen molar-refractivity contribution in [2.45, 2.75) is 6.92 Å². The van der Waals surface area contributed by atoms with E-state index >= 15 is 0 Å². The summed E-state index contributed by atoms with van der Waals surface area (Å²) < 4.78 is 0. The average molecular weight is 185 g/mol. The fourth-order valence-electron chi connectivity index (χ4n) is 0.486. The van der Waals surface area contributed by atoms with Gasteiger partial charge in [0.05, 0.1) is 11.8 Å². The zero-order chi connectivity index (χ0) is 10.3. The van der Waals surface area contributed by atoms with Crippen LogP contribution in [-0.2, 0) is 4.79 Å². The standard InChI is InChI=1S/C7H11N3O3/c1-2-9-7(13)10-3-5(4-11)6(8)12/h3-4,11H,2H2,1H3,(H2,8,12)(H,9,13)/b5-4-,10-3-. The maximum Gasteiger partial charge on any atom is 0.340 e. The third kappa shape index (κ3) is 4.57. The van der Waals surface area contributed by atoms with Gasteiger partial charge in [-0.1, -0.05) is 0 Å². The summed E-state index contributed by atoms with van der Waals surface area (Å²) in [6, 6.07) is -0.594. The van der Waals surface area contributed by atoms with Gasteiger partial charge in [-0.2, -0.15) is 0 Å². The molecule has 72 valence electrons. The molecular weight excluding hydrogens is 174 g/mol. The molecule has 0 spiro atoms. The lowest BCUT2D eigenvalue weighted by Crippen LogP contribution is -2.20. The van der Waals surface area contributed by atoms with Crippen molar-refractivity contribution in [3.05, 3.63) is 11.8 Å². The van der Waals surface area contributed by atoms with Gasteiger partial charge in [-0.25, -0.2) is 9.79 Å². The molecule has 0 unspecified atom stereocenters. The Morgan fingerprint density at radius 3 is 2.62 bits per heavy atom. The van der Waals surface area contributed by atoms with Crippen LogP contribution in [0.4, 0.5) is 4.79 Å². The summed E-state index contributed by atoms with van der Waals surface area (Å²) in [6.07, 6.45) is 1.39. The number of rotatable bonds is 3. The van der Waals surface area contributed by atoms with Gasteiger partial charge < -0.3 is 16.2 Å².